The van der Waals surface area contributed by atoms with Crippen LogP contribution in [0.5, 0.6) is 0 Å². The van der Waals surface area contributed by atoms with Gasteiger partial charge in [0.05, 0.1) is 6.42 Å². The second-order valence-electron chi connectivity index (χ2n) is 7.78. The van der Waals surface area contributed by atoms with Gasteiger partial charge in [0.25, 0.3) is 0 Å². The second kappa shape index (κ2) is 8.71. The molecule has 152 valence electrons. The molecule has 2 N–H and O–H groups in total. The first-order valence-corrected chi connectivity index (χ1v) is 10.1. The summed E-state index contributed by atoms with van der Waals surface area (Å²) < 4.78 is 0. The van der Waals surface area contributed by atoms with Crippen molar-refractivity contribution in [1.29, 1.82) is 0 Å². The van der Waals surface area contributed by atoms with Crippen molar-refractivity contribution in [3.8, 4) is 0 Å². The quantitative estimate of drug-likeness (QED) is 0.817. The van der Waals surface area contributed by atoms with E-state index in [0.29, 0.717) is 39.0 Å². The lowest BCUT2D eigenvalue weighted by Crippen LogP contribution is -2.54. The van der Waals surface area contributed by atoms with Gasteiger partial charge in [0.1, 0.15) is 6.04 Å². The molecule has 1 aromatic heterocycles. The summed E-state index contributed by atoms with van der Waals surface area (Å²) in [5, 5.41) is 0. The standard InChI is InChI=1S/C22H27N5O2/c1-16-4-6-17(7-5-16)13-21(28)26-9-11-27(12-10-26)22(29)20-14-19(24-25-20)18-3-2-8-23-15-18/h2-8,15,19-20,24-25H,9-14H2,1H3. The highest BCUT2D eigenvalue weighted by Crippen LogP contribution is 2.22. The van der Waals surface area contributed by atoms with Crippen molar-refractivity contribution < 1.29 is 9.59 Å². The fourth-order valence-electron chi connectivity index (χ4n) is 3.91. The van der Waals surface area contributed by atoms with Crippen LogP contribution in [-0.4, -0.2) is 58.8 Å². The van der Waals surface area contributed by atoms with E-state index in [2.05, 4.69) is 15.8 Å². The zero-order valence-electron chi connectivity index (χ0n) is 16.7. The minimum Gasteiger partial charge on any atom is -0.339 e. The van der Waals surface area contributed by atoms with Gasteiger partial charge in [-0.05, 0) is 30.5 Å². The summed E-state index contributed by atoms with van der Waals surface area (Å²) >= 11 is 0. The van der Waals surface area contributed by atoms with Crippen molar-refractivity contribution in [2.45, 2.75) is 31.8 Å². The van der Waals surface area contributed by atoms with Crippen molar-refractivity contribution in [3.63, 3.8) is 0 Å². The Morgan fingerprint density at radius 3 is 2.45 bits per heavy atom. The number of hydrogen-bond donors (Lipinski definition) is 2. The van der Waals surface area contributed by atoms with Gasteiger partial charge < -0.3 is 9.80 Å². The first-order chi connectivity index (χ1) is 14.1. The molecule has 2 aliphatic rings. The van der Waals surface area contributed by atoms with Gasteiger partial charge in [0.15, 0.2) is 0 Å². The normalized spacial score (nSPS) is 22.0. The van der Waals surface area contributed by atoms with E-state index in [-0.39, 0.29) is 23.9 Å². The molecule has 4 rings (SSSR count). The van der Waals surface area contributed by atoms with Crippen LogP contribution in [0, 0.1) is 6.92 Å². The number of pyridine rings is 1. The van der Waals surface area contributed by atoms with Crippen LogP contribution < -0.4 is 10.9 Å². The Morgan fingerprint density at radius 1 is 1.03 bits per heavy atom. The Labute approximate surface area is 171 Å². The maximum atomic E-state index is 12.9. The Morgan fingerprint density at radius 2 is 1.76 bits per heavy atom. The molecule has 3 heterocycles. The number of amides is 2. The number of carbonyl (C=O) groups excluding carboxylic acids is 2. The molecule has 0 saturated carbocycles. The van der Waals surface area contributed by atoms with E-state index in [1.807, 2.05) is 59.3 Å². The highest BCUT2D eigenvalue weighted by molar-refractivity contribution is 5.83. The minimum absolute atomic E-state index is 0.0787. The molecular formula is C22H27N5O2. The minimum atomic E-state index is -0.255. The number of benzene rings is 1. The van der Waals surface area contributed by atoms with Gasteiger partial charge in [-0.2, -0.15) is 0 Å². The third-order valence-corrected chi connectivity index (χ3v) is 5.71. The molecule has 7 heteroatoms. The van der Waals surface area contributed by atoms with Crippen molar-refractivity contribution >= 4 is 11.8 Å². The lowest BCUT2D eigenvalue weighted by Gasteiger charge is -2.36. The molecule has 0 bridgehead atoms. The number of hydrogen-bond acceptors (Lipinski definition) is 5. The molecular weight excluding hydrogens is 366 g/mol. The Balaban J connectivity index is 1.26. The molecule has 2 atom stereocenters. The van der Waals surface area contributed by atoms with Gasteiger partial charge in [-0.15, -0.1) is 0 Å². The molecule has 0 aliphatic carbocycles. The van der Waals surface area contributed by atoms with E-state index in [1.165, 1.54) is 5.56 Å². The molecule has 2 fully saturated rings. The zero-order valence-corrected chi connectivity index (χ0v) is 16.7. The number of carbonyl (C=O) groups is 2. The summed E-state index contributed by atoms with van der Waals surface area (Å²) in [6, 6.07) is 11.8. The highest BCUT2D eigenvalue weighted by atomic mass is 16.2. The molecule has 7 nitrogen and oxygen atoms in total. The summed E-state index contributed by atoms with van der Waals surface area (Å²) in [5.41, 5.74) is 9.61. The van der Waals surface area contributed by atoms with Crippen molar-refractivity contribution in [3.05, 3.63) is 65.5 Å². The molecule has 2 saturated heterocycles. The van der Waals surface area contributed by atoms with E-state index >= 15 is 0 Å². The number of aromatic nitrogens is 1. The first kappa shape index (κ1) is 19.5. The highest BCUT2D eigenvalue weighted by Gasteiger charge is 2.34. The molecule has 0 spiro atoms. The first-order valence-electron chi connectivity index (χ1n) is 10.1. The zero-order chi connectivity index (χ0) is 20.2. The monoisotopic (exact) mass is 393 g/mol. The van der Waals surface area contributed by atoms with E-state index < -0.39 is 0 Å². The number of nitrogens with one attached hydrogen (secondary N) is 2. The molecule has 0 radical (unpaired) electrons. The number of nitrogens with zero attached hydrogens (tertiary/aromatic N) is 3. The maximum absolute atomic E-state index is 12.9. The molecule has 2 aromatic rings. The van der Waals surface area contributed by atoms with Crippen LogP contribution in [0.15, 0.2) is 48.8 Å². The molecule has 2 amide bonds. The predicted molar refractivity (Wildman–Crippen MR) is 110 cm³/mol. The van der Waals surface area contributed by atoms with Crippen LogP contribution in [0.2, 0.25) is 0 Å². The predicted octanol–water partition coefficient (Wildman–Crippen LogP) is 1.21. The van der Waals surface area contributed by atoms with Gasteiger partial charge in [-0.1, -0.05) is 35.9 Å². The largest absolute Gasteiger partial charge is 0.339 e. The van der Waals surface area contributed by atoms with Gasteiger partial charge in [0, 0.05) is 44.6 Å². The van der Waals surface area contributed by atoms with Crippen LogP contribution >= 0.6 is 0 Å². The summed E-state index contributed by atoms with van der Waals surface area (Å²) in [6.45, 7) is 4.36. The lowest BCUT2D eigenvalue weighted by atomic mass is 10.0. The van der Waals surface area contributed by atoms with E-state index in [1.54, 1.807) is 6.20 Å². The molecule has 2 unspecified atom stereocenters. The van der Waals surface area contributed by atoms with Gasteiger partial charge in [-0.3, -0.25) is 14.6 Å². The number of hydrazine groups is 1. The van der Waals surface area contributed by atoms with E-state index in [4.69, 9.17) is 0 Å². The topological polar surface area (TPSA) is 77.6 Å². The lowest BCUT2D eigenvalue weighted by molar-refractivity contribution is -0.140. The van der Waals surface area contributed by atoms with Crippen LogP contribution in [0.25, 0.3) is 0 Å². The summed E-state index contributed by atoms with van der Waals surface area (Å²) in [6.07, 6.45) is 4.67. The van der Waals surface area contributed by atoms with Crippen LogP contribution in [0.4, 0.5) is 0 Å². The van der Waals surface area contributed by atoms with Crippen molar-refractivity contribution in [2.24, 2.45) is 0 Å². The van der Waals surface area contributed by atoms with Crippen LogP contribution in [0.3, 0.4) is 0 Å². The summed E-state index contributed by atoms with van der Waals surface area (Å²) in [5.74, 6) is 0.216. The van der Waals surface area contributed by atoms with Crippen molar-refractivity contribution in [2.75, 3.05) is 26.2 Å². The third-order valence-electron chi connectivity index (χ3n) is 5.71. The van der Waals surface area contributed by atoms with E-state index in [0.717, 1.165) is 11.1 Å². The van der Waals surface area contributed by atoms with Crippen molar-refractivity contribution in [1.82, 2.24) is 25.6 Å². The maximum Gasteiger partial charge on any atom is 0.241 e. The van der Waals surface area contributed by atoms with Gasteiger partial charge in [0.2, 0.25) is 11.8 Å². The van der Waals surface area contributed by atoms with E-state index in [9.17, 15) is 9.59 Å². The van der Waals surface area contributed by atoms with Gasteiger partial charge >= 0.3 is 0 Å². The SMILES string of the molecule is Cc1ccc(CC(=O)N2CCN(C(=O)C3CC(c4cccnc4)NN3)CC2)cc1. The molecule has 29 heavy (non-hydrogen) atoms. The second-order valence-corrected chi connectivity index (χ2v) is 7.78. The third kappa shape index (κ3) is 4.63. The fourth-order valence-corrected chi connectivity index (χ4v) is 3.91. The number of aryl methyl sites for hydroxylation is 1. The Bertz CT molecular complexity index is 847. The molecule has 2 aliphatic heterocycles. The molecule has 1 aromatic carbocycles. The fraction of sp³-hybridized carbons (Fsp3) is 0.409. The average Bonchev–Trinajstić information content (AvgIpc) is 3.26. The number of piperazine rings is 1. The van der Waals surface area contributed by atoms with Gasteiger partial charge in [-0.25, -0.2) is 10.9 Å². The Hall–Kier alpha value is -2.77. The average molecular weight is 393 g/mol. The van der Waals surface area contributed by atoms with Crippen LogP contribution in [0.1, 0.15) is 29.2 Å². The van der Waals surface area contributed by atoms with Crippen LogP contribution in [-0.2, 0) is 16.0 Å². The summed E-state index contributed by atoms with van der Waals surface area (Å²) in [7, 11) is 0. The number of rotatable bonds is 4. The Kier molecular flexibility index (Phi) is 5.87. The summed E-state index contributed by atoms with van der Waals surface area (Å²) in [4.78, 5) is 33.3. The smallest absolute Gasteiger partial charge is 0.241 e.